The Bertz CT molecular complexity index is 185. The van der Waals surface area contributed by atoms with E-state index < -0.39 is 0 Å². The van der Waals surface area contributed by atoms with Crippen LogP contribution in [0, 0.1) is 10.8 Å². The van der Waals surface area contributed by atoms with E-state index in [1.807, 2.05) is 0 Å². The average molecular weight is 198 g/mol. The van der Waals surface area contributed by atoms with Gasteiger partial charge in [-0.05, 0) is 43.3 Å². The number of nitrogens with zero attached hydrogens (tertiary/aromatic N) is 1. The molecule has 1 aliphatic rings. The van der Waals surface area contributed by atoms with E-state index in [0.717, 1.165) is 6.54 Å². The molecule has 0 aromatic heterocycles. The summed E-state index contributed by atoms with van der Waals surface area (Å²) in [6, 6.07) is 0. The minimum atomic E-state index is 0.312. The SMILES string of the molecule is CC(C)(CN)CCN1CCC(C)(C)C1. The van der Waals surface area contributed by atoms with Gasteiger partial charge in [0, 0.05) is 6.54 Å². The predicted octanol–water partition coefficient (Wildman–Crippen LogP) is 2.09. The molecule has 84 valence electrons. The predicted molar refractivity (Wildman–Crippen MR) is 62.3 cm³/mol. The number of hydrogen-bond acceptors (Lipinski definition) is 2. The summed E-state index contributed by atoms with van der Waals surface area (Å²) in [4.78, 5) is 2.58. The average Bonchev–Trinajstić information content (AvgIpc) is 2.43. The Kier molecular flexibility index (Phi) is 3.59. The Balaban J connectivity index is 2.27. The van der Waals surface area contributed by atoms with Crippen LogP contribution in [0.2, 0.25) is 0 Å². The molecule has 0 aliphatic carbocycles. The van der Waals surface area contributed by atoms with Gasteiger partial charge in [-0.2, -0.15) is 0 Å². The van der Waals surface area contributed by atoms with Crippen molar-refractivity contribution in [3.63, 3.8) is 0 Å². The normalized spacial score (nSPS) is 22.9. The van der Waals surface area contributed by atoms with Crippen molar-refractivity contribution < 1.29 is 0 Å². The van der Waals surface area contributed by atoms with Crippen molar-refractivity contribution in [1.29, 1.82) is 0 Å². The Labute approximate surface area is 88.8 Å². The van der Waals surface area contributed by atoms with Gasteiger partial charge < -0.3 is 10.6 Å². The van der Waals surface area contributed by atoms with E-state index >= 15 is 0 Å². The van der Waals surface area contributed by atoms with Crippen molar-refractivity contribution >= 4 is 0 Å². The molecule has 2 heteroatoms. The Hall–Kier alpha value is -0.0800. The molecule has 1 heterocycles. The fraction of sp³-hybridized carbons (Fsp3) is 1.00. The lowest BCUT2D eigenvalue weighted by atomic mass is 9.89. The van der Waals surface area contributed by atoms with Crippen molar-refractivity contribution in [2.45, 2.75) is 40.5 Å². The molecule has 0 spiro atoms. The molecule has 0 unspecified atom stereocenters. The summed E-state index contributed by atoms with van der Waals surface area (Å²) in [5.41, 5.74) is 6.57. The molecule has 0 amide bonds. The first-order chi connectivity index (χ1) is 6.35. The van der Waals surface area contributed by atoms with Crippen LogP contribution >= 0.6 is 0 Å². The van der Waals surface area contributed by atoms with Gasteiger partial charge in [-0.15, -0.1) is 0 Å². The van der Waals surface area contributed by atoms with Crippen LogP contribution in [0.4, 0.5) is 0 Å². The fourth-order valence-electron chi connectivity index (χ4n) is 1.98. The summed E-state index contributed by atoms with van der Waals surface area (Å²) >= 11 is 0. The maximum Gasteiger partial charge on any atom is 0.00332 e. The highest BCUT2D eigenvalue weighted by molar-refractivity contribution is 4.83. The molecule has 0 saturated carbocycles. The minimum Gasteiger partial charge on any atom is -0.330 e. The number of likely N-dealkylation sites (tertiary alicyclic amines) is 1. The van der Waals surface area contributed by atoms with Crippen molar-refractivity contribution in [2.75, 3.05) is 26.2 Å². The standard InChI is InChI=1S/C12H26N2/c1-11(2,9-13)5-7-14-8-6-12(3,4)10-14/h5-10,13H2,1-4H3. The van der Waals surface area contributed by atoms with Gasteiger partial charge >= 0.3 is 0 Å². The molecule has 1 saturated heterocycles. The van der Waals surface area contributed by atoms with Gasteiger partial charge in [0.25, 0.3) is 0 Å². The summed E-state index contributed by atoms with van der Waals surface area (Å²) in [5, 5.41) is 0. The molecular weight excluding hydrogens is 172 g/mol. The van der Waals surface area contributed by atoms with E-state index in [1.165, 1.54) is 32.5 Å². The van der Waals surface area contributed by atoms with Gasteiger partial charge in [-0.3, -0.25) is 0 Å². The zero-order valence-electron chi connectivity index (χ0n) is 10.3. The summed E-state index contributed by atoms with van der Waals surface area (Å²) in [5.74, 6) is 0. The number of rotatable bonds is 4. The molecule has 0 radical (unpaired) electrons. The third-order valence-corrected chi connectivity index (χ3v) is 3.41. The summed E-state index contributed by atoms with van der Waals surface area (Å²) in [7, 11) is 0. The molecular formula is C12H26N2. The molecule has 1 aliphatic heterocycles. The largest absolute Gasteiger partial charge is 0.330 e. The van der Waals surface area contributed by atoms with Crippen LogP contribution in [-0.2, 0) is 0 Å². The van der Waals surface area contributed by atoms with Crippen molar-refractivity contribution in [3.8, 4) is 0 Å². The number of nitrogens with two attached hydrogens (primary N) is 1. The van der Waals surface area contributed by atoms with Crippen LogP contribution in [-0.4, -0.2) is 31.1 Å². The first-order valence-corrected chi connectivity index (χ1v) is 5.77. The highest BCUT2D eigenvalue weighted by atomic mass is 15.1. The van der Waals surface area contributed by atoms with Crippen LogP contribution in [0.5, 0.6) is 0 Å². The van der Waals surface area contributed by atoms with E-state index in [1.54, 1.807) is 0 Å². The molecule has 14 heavy (non-hydrogen) atoms. The van der Waals surface area contributed by atoms with Crippen LogP contribution in [0.1, 0.15) is 40.5 Å². The highest BCUT2D eigenvalue weighted by Crippen LogP contribution is 2.30. The van der Waals surface area contributed by atoms with E-state index in [-0.39, 0.29) is 0 Å². The van der Waals surface area contributed by atoms with E-state index in [4.69, 9.17) is 5.73 Å². The topological polar surface area (TPSA) is 29.3 Å². The van der Waals surface area contributed by atoms with Crippen LogP contribution in [0.25, 0.3) is 0 Å². The van der Waals surface area contributed by atoms with Crippen molar-refractivity contribution in [3.05, 3.63) is 0 Å². The maximum absolute atomic E-state index is 5.73. The Morgan fingerprint density at radius 1 is 1.36 bits per heavy atom. The lowest BCUT2D eigenvalue weighted by Gasteiger charge is -2.26. The Morgan fingerprint density at radius 2 is 2.00 bits per heavy atom. The third-order valence-electron chi connectivity index (χ3n) is 3.41. The molecule has 0 aromatic carbocycles. The summed E-state index contributed by atoms with van der Waals surface area (Å²) < 4.78 is 0. The second-order valence-electron chi connectivity index (χ2n) is 6.31. The quantitative estimate of drug-likeness (QED) is 0.749. The van der Waals surface area contributed by atoms with Crippen LogP contribution in [0.15, 0.2) is 0 Å². The summed E-state index contributed by atoms with van der Waals surface area (Å²) in [6.07, 6.45) is 2.57. The lowest BCUT2D eigenvalue weighted by Crippen LogP contribution is -2.31. The molecule has 0 aromatic rings. The van der Waals surface area contributed by atoms with Gasteiger partial charge in [0.1, 0.15) is 0 Å². The highest BCUT2D eigenvalue weighted by Gasteiger charge is 2.29. The van der Waals surface area contributed by atoms with Crippen molar-refractivity contribution in [2.24, 2.45) is 16.6 Å². The Morgan fingerprint density at radius 3 is 2.43 bits per heavy atom. The monoisotopic (exact) mass is 198 g/mol. The maximum atomic E-state index is 5.73. The third kappa shape index (κ3) is 3.58. The molecule has 2 nitrogen and oxygen atoms in total. The van der Waals surface area contributed by atoms with Crippen LogP contribution < -0.4 is 5.73 Å². The second kappa shape index (κ2) is 4.19. The zero-order valence-corrected chi connectivity index (χ0v) is 10.3. The van der Waals surface area contributed by atoms with E-state index in [9.17, 15) is 0 Å². The van der Waals surface area contributed by atoms with Gasteiger partial charge in [0.15, 0.2) is 0 Å². The fourth-order valence-corrected chi connectivity index (χ4v) is 1.98. The minimum absolute atomic E-state index is 0.312. The van der Waals surface area contributed by atoms with Gasteiger partial charge in [-0.25, -0.2) is 0 Å². The van der Waals surface area contributed by atoms with Gasteiger partial charge in [0.2, 0.25) is 0 Å². The first kappa shape index (κ1) is 12.0. The second-order valence-corrected chi connectivity index (χ2v) is 6.31. The smallest absolute Gasteiger partial charge is 0.00332 e. The van der Waals surface area contributed by atoms with E-state index in [2.05, 4.69) is 32.6 Å². The molecule has 2 N–H and O–H groups in total. The van der Waals surface area contributed by atoms with Crippen LogP contribution in [0.3, 0.4) is 0 Å². The zero-order chi connectivity index (χ0) is 10.8. The van der Waals surface area contributed by atoms with Gasteiger partial charge in [0.05, 0.1) is 0 Å². The summed E-state index contributed by atoms with van der Waals surface area (Å²) in [6.45, 7) is 13.8. The van der Waals surface area contributed by atoms with E-state index in [0.29, 0.717) is 10.8 Å². The van der Waals surface area contributed by atoms with Gasteiger partial charge in [-0.1, -0.05) is 27.7 Å². The first-order valence-electron chi connectivity index (χ1n) is 5.77. The molecule has 0 bridgehead atoms. The molecule has 1 rings (SSSR count). The lowest BCUT2D eigenvalue weighted by molar-refractivity contribution is 0.236. The molecule has 0 atom stereocenters. The number of hydrogen-bond donors (Lipinski definition) is 1. The molecule has 1 fully saturated rings. The van der Waals surface area contributed by atoms with Crippen molar-refractivity contribution in [1.82, 2.24) is 4.90 Å².